The van der Waals surface area contributed by atoms with Crippen molar-refractivity contribution in [3.05, 3.63) is 0 Å². The summed E-state index contributed by atoms with van der Waals surface area (Å²) in [5, 5.41) is 9.66. The molecule has 0 aromatic rings. The normalized spacial score (nSPS) is 23.8. The Morgan fingerprint density at radius 1 is 1.88 bits per heavy atom. The Kier molecular flexibility index (Phi) is 3.64. The van der Waals surface area contributed by atoms with Crippen molar-refractivity contribution in [1.82, 2.24) is 0 Å². The van der Waals surface area contributed by atoms with Crippen LogP contribution in [0.15, 0.2) is 0 Å². The predicted molar refractivity (Wildman–Crippen MR) is 19.4 cm³/mol. The molecule has 1 rings (SSSR count). The quantitative estimate of drug-likeness (QED) is 0.275. The second-order valence-corrected chi connectivity index (χ2v) is 1.53. The van der Waals surface area contributed by atoms with Crippen LogP contribution in [0.1, 0.15) is 6.42 Å². The van der Waals surface area contributed by atoms with Crippen LogP contribution in [-0.2, 0) is 9.53 Å². The van der Waals surface area contributed by atoms with Gasteiger partial charge in [-0.3, -0.25) is 0 Å². The van der Waals surface area contributed by atoms with Gasteiger partial charge in [0, 0.05) is 12.4 Å². The first-order valence-corrected chi connectivity index (χ1v) is 2.10. The number of carboxylic acids is 1. The van der Waals surface area contributed by atoms with Gasteiger partial charge in [0.1, 0.15) is 0 Å². The van der Waals surface area contributed by atoms with Crippen molar-refractivity contribution < 1.29 is 44.2 Å². The summed E-state index contributed by atoms with van der Waals surface area (Å²) in [5.41, 5.74) is 0. The van der Waals surface area contributed by atoms with E-state index in [1.807, 2.05) is 0 Å². The van der Waals surface area contributed by atoms with Crippen molar-refractivity contribution in [2.45, 2.75) is 12.5 Å². The van der Waals surface area contributed by atoms with E-state index in [0.29, 0.717) is 6.61 Å². The third kappa shape index (κ3) is 3.43. The molecule has 0 bridgehead atoms. The Balaban J connectivity index is 0.000000490. The van der Waals surface area contributed by atoms with Crippen LogP contribution in [0.5, 0.6) is 0 Å². The molecule has 0 radical (unpaired) electrons. The van der Waals surface area contributed by atoms with Gasteiger partial charge in [0.15, 0.2) is 0 Å². The van der Waals surface area contributed by atoms with Crippen LogP contribution in [0, 0.1) is 0 Å². The number of carbonyl (C=O) groups is 1. The van der Waals surface area contributed by atoms with Crippen LogP contribution < -0.4 is 34.7 Å². The molecule has 1 fully saturated rings. The smallest absolute Gasteiger partial charge is 0.550 e. The molecule has 0 unspecified atom stereocenters. The maximum atomic E-state index is 9.66. The van der Waals surface area contributed by atoms with Crippen LogP contribution in [0.25, 0.3) is 0 Å². The average Bonchev–Trinajstić information content (AvgIpc) is 2.17. The first-order valence-electron chi connectivity index (χ1n) is 2.10. The summed E-state index contributed by atoms with van der Waals surface area (Å²) in [6.07, 6.45) is 0.0185. The molecule has 40 valence electrons. The van der Waals surface area contributed by atoms with Crippen molar-refractivity contribution in [2.75, 3.05) is 6.61 Å². The van der Waals surface area contributed by atoms with E-state index in [1.54, 1.807) is 0 Å². The summed E-state index contributed by atoms with van der Waals surface area (Å²) < 4.78 is 4.60. The van der Waals surface area contributed by atoms with Crippen molar-refractivity contribution in [3.63, 3.8) is 0 Å². The van der Waals surface area contributed by atoms with Crippen LogP contribution in [0.3, 0.4) is 0 Å². The first kappa shape index (κ1) is 8.43. The number of epoxide rings is 1. The van der Waals surface area contributed by atoms with E-state index in [4.69, 9.17) is 0 Å². The predicted octanol–water partition coefficient (Wildman–Crippen LogP) is -4.47. The Labute approximate surface area is 69.3 Å². The zero-order valence-corrected chi connectivity index (χ0v) is 6.72. The van der Waals surface area contributed by atoms with Gasteiger partial charge in [0.25, 0.3) is 0 Å². The molecule has 3 nitrogen and oxygen atoms in total. The summed E-state index contributed by atoms with van der Waals surface area (Å²) in [6, 6.07) is 0. The van der Waals surface area contributed by atoms with Gasteiger partial charge in [-0.1, -0.05) is 0 Å². The number of hydrogen-bond donors (Lipinski definition) is 0. The van der Waals surface area contributed by atoms with Crippen molar-refractivity contribution in [1.29, 1.82) is 0 Å². The molecule has 0 saturated carbocycles. The van der Waals surface area contributed by atoms with Crippen molar-refractivity contribution in [3.8, 4) is 0 Å². The van der Waals surface area contributed by atoms with Gasteiger partial charge < -0.3 is 14.6 Å². The number of carboxylic acid groups (broad SMARTS) is 1. The third-order valence-electron chi connectivity index (χ3n) is 0.797. The summed E-state index contributed by atoms with van der Waals surface area (Å²) in [5.74, 6) is -1.03. The van der Waals surface area contributed by atoms with Gasteiger partial charge in [0.05, 0.1) is 12.7 Å². The number of ether oxygens (including phenoxy) is 1. The van der Waals surface area contributed by atoms with E-state index in [9.17, 15) is 9.90 Å². The number of rotatable bonds is 2. The number of carbonyl (C=O) groups excluding carboxylic acids is 1. The molecule has 1 aliphatic heterocycles. The second-order valence-electron chi connectivity index (χ2n) is 1.53. The van der Waals surface area contributed by atoms with E-state index in [1.165, 1.54) is 0 Å². The van der Waals surface area contributed by atoms with E-state index in [0.717, 1.165) is 0 Å². The van der Waals surface area contributed by atoms with Crippen LogP contribution >= 0.6 is 0 Å². The van der Waals surface area contributed by atoms with E-state index >= 15 is 0 Å². The van der Waals surface area contributed by atoms with Crippen molar-refractivity contribution in [2.24, 2.45) is 0 Å². The monoisotopic (exact) mass is 124 g/mol. The van der Waals surface area contributed by atoms with Crippen LogP contribution in [0.4, 0.5) is 0 Å². The average molecular weight is 124 g/mol. The number of aliphatic carboxylic acids is 1. The van der Waals surface area contributed by atoms with Gasteiger partial charge in [-0.05, 0) is 0 Å². The molecule has 0 spiro atoms. The van der Waals surface area contributed by atoms with E-state index in [-0.39, 0.29) is 42.1 Å². The topological polar surface area (TPSA) is 52.7 Å². The molecule has 1 aliphatic rings. The maximum Gasteiger partial charge on any atom is 1.00 e. The molecular weight excluding hydrogens is 119 g/mol. The minimum atomic E-state index is -1.03. The fourth-order valence-corrected chi connectivity index (χ4v) is 0.372. The summed E-state index contributed by atoms with van der Waals surface area (Å²) >= 11 is 0. The fourth-order valence-electron chi connectivity index (χ4n) is 0.372. The first-order chi connectivity index (χ1) is 3.29. The van der Waals surface area contributed by atoms with Crippen molar-refractivity contribution >= 4 is 5.97 Å². The molecule has 1 heterocycles. The van der Waals surface area contributed by atoms with E-state index in [2.05, 4.69) is 4.74 Å². The van der Waals surface area contributed by atoms with E-state index < -0.39 is 5.97 Å². The largest absolute Gasteiger partial charge is 1.00 e. The Hall–Kier alpha value is 0.430. The molecule has 8 heavy (non-hydrogen) atoms. The van der Waals surface area contributed by atoms with Crippen LogP contribution in [-0.4, -0.2) is 18.7 Å². The standard InChI is InChI=1S/C4H6O3.Na/c5-4(6)1-3-2-7-3;/h3H,1-2H2,(H,5,6);/q;+1/p-1/t3-;/m0./s1. The van der Waals surface area contributed by atoms with Crippen LogP contribution in [0.2, 0.25) is 0 Å². The zero-order valence-electron chi connectivity index (χ0n) is 4.72. The van der Waals surface area contributed by atoms with Gasteiger partial charge in [-0.15, -0.1) is 0 Å². The second kappa shape index (κ2) is 3.45. The zero-order chi connectivity index (χ0) is 5.28. The summed E-state index contributed by atoms with van der Waals surface area (Å²) in [6.45, 7) is 0.591. The van der Waals surface area contributed by atoms with Gasteiger partial charge >= 0.3 is 29.6 Å². The Bertz CT molecular complexity index is 89.3. The fraction of sp³-hybridized carbons (Fsp3) is 0.750. The molecule has 0 aromatic heterocycles. The maximum absolute atomic E-state index is 9.66. The molecule has 0 aliphatic carbocycles. The third-order valence-corrected chi connectivity index (χ3v) is 0.797. The summed E-state index contributed by atoms with van der Waals surface area (Å²) in [4.78, 5) is 9.66. The SMILES string of the molecule is O=C([O-])C[C@H]1CO1.[Na+]. The minimum absolute atomic E-state index is 0. The molecule has 1 saturated heterocycles. The Morgan fingerprint density at radius 3 is 2.50 bits per heavy atom. The summed E-state index contributed by atoms with van der Waals surface area (Å²) in [7, 11) is 0. The van der Waals surface area contributed by atoms with Gasteiger partial charge in [-0.25, -0.2) is 0 Å². The molecule has 1 atom stereocenters. The molecule has 0 aromatic carbocycles. The number of hydrogen-bond acceptors (Lipinski definition) is 3. The molecule has 4 heteroatoms. The molecule has 0 N–H and O–H groups in total. The molecule has 0 amide bonds. The Morgan fingerprint density at radius 2 is 2.38 bits per heavy atom. The minimum Gasteiger partial charge on any atom is -0.550 e. The molecular formula is C4H5NaO3. The van der Waals surface area contributed by atoms with Gasteiger partial charge in [-0.2, -0.15) is 0 Å². The van der Waals surface area contributed by atoms with Gasteiger partial charge in [0.2, 0.25) is 0 Å².